The van der Waals surface area contributed by atoms with Crippen LogP contribution in [0.25, 0.3) is 0 Å². The van der Waals surface area contributed by atoms with Gasteiger partial charge in [-0.2, -0.15) is 0 Å². The average molecular weight is 296 g/mol. The highest BCUT2D eigenvalue weighted by Gasteiger charge is 2.44. The zero-order chi connectivity index (χ0) is 15.6. The van der Waals surface area contributed by atoms with E-state index in [1.54, 1.807) is 0 Å². The van der Waals surface area contributed by atoms with Crippen LogP contribution in [0, 0.1) is 0 Å². The quantitative estimate of drug-likeness (QED) is 0.805. The number of carbonyl (C=O) groups excluding carboxylic acids is 1. The van der Waals surface area contributed by atoms with Gasteiger partial charge in [-0.3, -0.25) is 9.69 Å². The fourth-order valence-electron chi connectivity index (χ4n) is 4.20. The number of hydrogen-bond donors (Lipinski definition) is 2. The molecule has 2 rings (SSSR count). The summed E-state index contributed by atoms with van der Waals surface area (Å²) in [5.74, 6) is -0.178. The van der Waals surface area contributed by atoms with E-state index in [0.29, 0.717) is 12.1 Å². The number of carbonyl (C=O) groups is 1. The number of piperazine rings is 1. The van der Waals surface area contributed by atoms with Gasteiger partial charge in [-0.1, -0.05) is 0 Å². The van der Waals surface area contributed by atoms with Gasteiger partial charge in [0.1, 0.15) is 0 Å². The van der Waals surface area contributed by atoms with Crippen molar-refractivity contribution in [3.8, 4) is 0 Å². The normalized spacial score (nSPS) is 36.0. The smallest absolute Gasteiger partial charge is 0.237 e. The standard InChI is InChI=1S/C16H32N4O/c1-12(2)18-16(15(17)21)7-5-6-14(10-16)20-9-8-19(4)11-13(20)3/h12-14,18H,5-11H2,1-4H3,(H2,17,21). The van der Waals surface area contributed by atoms with Crippen molar-refractivity contribution in [3.63, 3.8) is 0 Å². The molecule has 0 bridgehead atoms. The van der Waals surface area contributed by atoms with E-state index in [1.807, 2.05) is 0 Å². The number of nitrogens with two attached hydrogens (primary N) is 1. The molecule has 1 saturated carbocycles. The van der Waals surface area contributed by atoms with Gasteiger partial charge in [0, 0.05) is 37.8 Å². The predicted octanol–water partition coefficient (Wildman–Crippen LogP) is 0.787. The summed E-state index contributed by atoms with van der Waals surface area (Å²) in [4.78, 5) is 17.1. The minimum absolute atomic E-state index is 0.178. The Balaban J connectivity index is 2.10. The Morgan fingerprint density at radius 3 is 2.67 bits per heavy atom. The van der Waals surface area contributed by atoms with E-state index >= 15 is 0 Å². The molecule has 3 atom stereocenters. The van der Waals surface area contributed by atoms with Gasteiger partial charge in [-0.15, -0.1) is 0 Å². The lowest BCUT2D eigenvalue weighted by atomic mass is 9.77. The lowest BCUT2D eigenvalue weighted by Crippen LogP contribution is -2.64. The molecule has 0 aromatic heterocycles. The maximum absolute atomic E-state index is 12.1. The van der Waals surface area contributed by atoms with Gasteiger partial charge < -0.3 is 16.0 Å². The molecule has 3 N–H and O–H groups in total. The van der Waals surface area contributed by atoms with Gasteiger partial charge >= 0.3 is 0 Å². The summed E-state index contributed by atoms with van der Waals surface area (Å²) in [6.07, 6.45) is 3.99. The molecule has 0 radical (unpaired) electrons. The molecule has 1 saturated heterocycles. The third-order valence-electron chi connectivity index (χ3n) is 5.11. The van der Waals surface area contributed by atoms with Crippen molar-refractivity contribution in [1.29, 1.82) is 0 Å². The van der Waals surface area contributed by atoms with Crippen LogP contribution in [-0.2, 0) is 4.79 Å². The summed E-state index contributed by atoms with van der Waals surface area (Å²) in [6.45, 7) is 9.80. The van der Waals surface area contributed by atoms with Gasteiger partial charge in [0.2, 0.25) is 5.91 Å². The Bertz CT molecular complexity index is 373. The van der Waals surface area contributed by atoms with E-state index in [9.17, 15) is 4.79 Å². The van der Waals surface area contributed by atoms with Crippen LogP contribution in [0.2, 0.25) is 0 Å². The van der Waals surface area contributed by atoms with Gasteiger partial charge in [-0.05, 0) is 53.5 Å². The second-order valence-electron chi connectivity index (χ2n) is 7.34. The molecule has 3 unspecified atom stereocenters. The van der Waals surface area contributed by atoms with Crippen LogP contribution in [0.4, 0.5) is 0 Å². The Hall–Kier alpha value is -0.650. The lowest BCUT2D eigenvalue weighted by molar-refractivity contribution is -0.127. The Labute approximate surface area is 129 Å². The molecule has 1 aliphatic heterocycles. The number of nitrogens with one attached hydrogen (secondary N) is 1. The summed E-state index contributed by atoms with van der Waals surface area (Å²) in [6, 6.07) is 1.30. The summed E-state index contributed by atoms with van der Waals surface area (Å²) >= 11 is 0. The van der Waals surface area contributed by atoms with E-state index in [4.69, 9.17) is 5.73 Å². The first-order chi connectivity index (χ1) is 9.84. The largest absolute Gasteiger partial charge is 0.368 e. The minimum atomic E-state index is -0.514. The first-order valence-corrected chi connectivity index (χ1v) is 8.36. The van der Waals surface area contributed by atoms with Gasteiger partial charge in [-0.25, -0.2) is 0 Å². The molecule has 122 valence electrons. The minimum Gasteiger partial charge on any atom is -0.368 e. The first kappa shape index (κ1) is 16.7. The van der Waals surface area contributed by atoms with Crippen molar-refractivity contribution in [1.82, 2.24) is 15.1 Å². The summed E-state index contributed by atoms with van der Waals surface area (Å²) in [5, 5.41) is 3.48. The zero-order valence-electron chi connectivity index (χ0n) is 14.1. The molecule has 1 amide bonds. The first-order valence-electron chi connectivity index (χ1n) is 8.36. The molecule has 21 heavy (non-hydrogen) atoms. The molecular weight excluding hydrogens is 264 g/mol. The fourth-order valence-corrected chi connectivity index (χ4v) is 4.20. The summed E-state index contributed by atoms with van der Waals surface area (Å²) in [5.41, 5.74) is 5.26. The zero-order valence-corrected chi connectivity index (χ0v) is 14.1. The second kappa shape index (κ2) is 6.63. The van der Waals surface area contributed by atoms with E-state index < -0.39 is 5.54 Å². The van der Waals surface area contributed by atoms with Crippen molar-refractivity contribution in [2.75, 3.05) is 26.7 Å². The predicted molar refractivity (Wildman–Crippen MR) is 86.1 cm³/mol. The molecule has 2 aliphatic rings. The highest BCUT2D eigenvalue weighted by Crippen LogP contribution is 2.33. The van der Waals surface area contributed by atoms with Crippen molar-refractivity contribution in [3.05, 3.63) is 0 Å². The third kappa shape index (κ3) is 3.76. The maximum Gasteiger partial charge on any atom is 0.237 e. The molecule has 0 aromatic carbocycles. The van der Waals surface area contributed by atoms with Crippen molar-refractivity contribution < 1.29 is 4.79 Å². The van der Waals surface area contributed by atoms with Gasteiger partial charge in [0.25, 0.3) is 0 Å². The number of amides is 1. The van der Waals surface area contributed by atoms with E-state index in [2.05, 4.69) is 42.9 Å². The molecule has 0 spiro atoms. The third-order valence-corrected chi connectivity index (χ3v) is 5.11. The average Bonchev–Trinajstić information content (AvgIpc) is 2.37. The van der Waals surface area contributed by atoms with Crippen LogP contribution in [-0.4, -0.2) is 66.1 Å². The van der Waals surface area contributed by atoms with E-state index in [1.165, 1.54) is 6.42 Å². The molecule has 5 heteroatoms. The maximum atomic E-state index is 12.1. The molecule has 0 aromatic rings. The summed E-state index contributed by atoms with van der Waals surface area (Å²) < 4.78 is 0. The Morgan fingerprint density at radius 2 is 2.10 bits per heavy atom. The number of likely N-dealkylation sites (N-methyl/N-ethyl adjacent to an activating group) is 1. The molecule has 5 nitrogen and oxygen atoms in total. The fraction of sp³-hybridized carbons (Fsp3) is 0.938. The highest BCUT2D eigenvalue weighted by molar-refractivity contribution is 5.85. The van der Waals surface area contributed by atoms with Crippen LogP contribution in [0.3, 0.4) is 0 Å². The molecule has 1 aliphatic carbocycles. The number of rotatable bonds is 4. The van der Waals surface area contributed by atoms with Crippen molar-refractivity contribution >= 4 is 5.91 Å². The molecular formula is C16H32N4O. The van der Waals surface area contributed by atoms with Crippen LogP contribution in [0.15, 0.2) is 0 Å². The van der Waals surface area contributed by atoms with Gasteiger partial charge in [0.15, 0.2) is 0 Å². The monoisotopic (exact) mass is 296 g/mol. The lowest BCUT2D eigenvalue weighted by Gasteiger charge is -2.48. The van der Waals surface area contributed by atoms with Crippen LogP contribution in [0.5, 0.6) is 0 Å². The van der Waals surface area contributed by atoms with Gasteiger partial charge in [0.05, 0.1) is 5.54 Å². The Morgan fingerprint density at radius 1 is 1.38 bits per heavy atom. The van der Waals surface area contributed by atoms with Crippen LogP contribution < -0.4 is 11.1 Å². The highest BCUT2D eigenvalue weighted by atomic mass is 16.1. The number of primary amides is 1. The topological polar surface area (TPSA) is 61.6 Å². The second-order valence-corrected chi connectivity index (χ2v) is 7.34. The van der Waals surface area contributed by atoms with Crippen molar-refractivity contribution in [2.45, 2.75) is 70.1 Å². The SMILES string of the molecule is CC(C)NC1(C(N)=O)CCCC(N2CCN(C)CC2C)C1. The number of nitrogens with zero attached hydrogens (tertiary/aromatic N) is 2. The summed E-state index contributed by atoms with van der Waals surface area (Å²) in [7, 11) is 2.18. The van der Waals surface area contributed by atoms with E-state index in [-0.39, 0.29) is 11.9 Å². The van der Waals surface area contributed by atoms with Crippen molar-refractivity contribution in [2.24, 2.45) is 5.73 Å². The Kier molecular flexibility index (Phi) is 5.28. The molecule has 1 heterocycles. The van der Waals surface area contributed by atoms with E-state index in [0.717, 1.165) is 38.9 Å². The number of hydrogen-bond acceptors (Lipinski definition) is 4. The van der Waals surface area contributed by atoms with Crippen LogP contribution >= 0.6 is 0 Å². The van der Waals surface area contributed by atoms with Crippen LogP contribution in [0.1, 0.15) is 46.5 Å². The molecule has 2 fully saturated rings.